The predicted molar refractivity (Wildman–Crippen MR) is 76.3 cm³/mol. The summed E-state index contributed by atoms with van der Waals surface area (Å²) in [7, 11) is 0. The second-order valence-corrected chi connectivity index (χ2v) is 4.78. The van der Waals surface area contributed by atoms with Crippen LogP contribution in [0, 0.1) is 0 Å². The molecule has 1 heterocycles. The van der Waals surface area contributed by atoms with Crippen molar-refractivity contribution in [1.29, 1.82) is 0 Å². The Bertz CT molecular complexity index is 425. The number of nitrogens with one attached hydrogen (secondary N) is 1. The zero-order valence-corrected chi connectivity index (χ0v) is 11.6. The molecular formula is C11H13NO5S2. The van der Waals surface area contributed by atoms with E-state index in [1.807, 2.05) is 0 Å². The van der Waals surface area contributed by atoms with Crippen molar-refractivity contribution in [3.63, 3.8) is 0 Å². The molecule has 0 bridgehead atoms. The highest BCUT2D eigenvalue weighted by Gasteiger charge is 2.13. The van der Waals surface area contributed by atoms with Crippen LogP contribution in [-0.2, 0) is 9.59 Å². The number of thiocarbonyl (C=S) groups is 1. The lowest BCUT2D eigenvalue weighted by Gasteiger charge is -1.91. The Balaban J connectivity index is 0.000000272. The van der Waals surface area contributed by atoms with Crippen molar-refractivity contribution in [2.75, 3.05) is 5.75 Å². The topological polar surface area (TPSA) is 107 Å². The number of amides is 1. The molecule has 1 aliphatic rings. The van der Waals surface area contributed by atoms with E-state index in [2.05, 4.69) is 17.5 Å². The third-order valence-electron chi connectivity index (χ3n) is 1.46. The van der Waals surface area contributed by atoms with Crippen molar-refractivity contribution in [1.82, 2.24) is 5.32 Å². The first-order valence-electron chi connectivity index (χ1n) is 4.96. The molecule has 0 spiro atoms. The van der Waals surface area contributed by atoms with Crippen molar-refractivity contribution < 1.29 is 24.9 Å². The van der Waals surface area contributed by atoms with Crippen LogP contribution in [0.25, 0.3) is 0 Å². The molecule has 0 unspecified atom stereocenters. The minimum atomic E-state index is -0.833. The molecule has 1 saturated heterocycles. The molecule has 4 N–H and O–H groups in total. The first-order chi connectivity index (χ1) is 8.82. The molecule has 0 aliphatic carbocycles. The minimum absolute atomic E-state index is 0.0231. The van der Waals surface area contributed by atoms with Crippen LogP contribution in [0.3, 0.4) is 0 Å². The molecule has 0 atom stereocenters. The molecule has 8 heteroatoms. The van der Waals surface area contributed by atoms with Gasteiger partial charge in [0.05, 0.1) is 5.75 Å². The van der Waals surface area contributed by atoms with E-state index in [4.69, 9.17) is 20.1 Å². The Morgan fingerprint density at radius 2 is 1.74 bits per heavy atom. The summed E-state index contributed by atoms with van der Waals surface area (Å²) in [5.41, 5.74) is 0. The van der Waals surface area contributed by atoms with Crippen LogP contribution < -0.4 is 5.32 Å². The number of phenolic OH excluding ortho intramolecular Hbond substituents is 2. The van der Waals surface area contributed by atoms with Gasteiger partial charge in [-0.05, 0) is 12.1 Å². The maximum atomic E-state index is 10.2. The first-order valence-corrected chi connectivity index (χ1v) is 6.35. The lowest BCUT2D eigenvalue weighted by Crippen LogP contribution is -2.18. The molecule has 19 heavy (non-hydrogen) atoms. The number of aliphatic carboxylic acids is 1. The minimum Gasteiger partial charge on any atom is -0.504 e. The quantitative estimate of drug-likeness (QED) is 0.423. The normalized spacial score (nSPS) is 12.5. The predicted octanol–water partition coefficient (Wildman–Crippen LogP) is 1.32. The Labute approximate surface area is 119 Å². The fourth-order valence-corrected chi connectivity index (χ4v) is 1.59. The maximum Gasteiger partial charge on any atom is 0.300 e. The zero-order chi connectivity index (χ0) is 14.8. The van der Waals surface area contributed by atoms with Crippen LogP contribution in [-0.4, -0.2) is 37.3 Å². The van der Waals surface area contributed by atoms with Gasteiger partial charge < -0.3 is 20.6 Å². The number of carboxylic acids is 1. The SMILES string of the molecule is CC(=O)O.O=C1CSC(=S)N1.Oc1ccccc1O. The molecule has 1 amide bonds. The summed E-state index contributed by atoms with van der Waals surface area (Å²) in [5, 5.41) is 27.2. The number of para-hydroxylation sites is 2. The Morgan fingerprint density at radius 1 is 1.32 bits per heavy atom. The second kappa shape index (κ2) is 9.17. The molecule has 0 aromatic heterocycles. The van der Waals surface area contributed by atoms with E-state index in [1.165, 1.54) is 23.9 Å². The van der Waals surface area contributed by atoms with E-state index in [0.717, 1.165) is 6.92 Å². The lowest BCUT2D eigenvalue weighted by molar-refractivity contribution is -0.134. The number of carbonyl (C=O) groups is 2. The number of hydrogen-bond acceptors (Lipinski definition) is 6. The molecule has 0 radical (unpaired) electrons. The van der Waals surface area contributed by atoms with Crippen LogP contribution >= 0.6 is 24.0 Å². The number of phenols is 2. The smallest absolute Gasteiger partial charge is 0.300 e. The van der Waals surface area contributed by atoms with Crippen LogP contribution in [0.2, 0.25) is 0 Å². The van der Waals surface area contributed by atoms with Crippen LogP contribution in [0.5, 0.6) is 11.5 Å². The van der Waals surface area contributed by atoms with Crippen LogP contribution in [0.1, 0.15) is 6.92 Å². The molecule has 2 rings (SSSR count). The number of carbonyl (C=O) groups excluding carboxylic acids is 1. The van der Waals surface area contributed by atoms with Gasteiger partial charge in [-0.2, -0.15) is 0 Å². The molecule has 1 fully saturated rings. The third kappa shape index (κ3) is 9.86. The second-order valence-electron chi connectivity index (χ2n) is 3.13. The third-order valence-corrected chi connectivity index (χ3v) is 2.68. The monoisotopic (exact) mass is 303 g/mol. The maximum absolute atomic E-state index is 10.2. The van der Waals surface area contributed by atoms with E-state index < -0.39 is 5.97 Å². The highest BCUT2D eigenvalue weighted by atomic mass is 32.2. The Kier molecular flexibility index (Phi) is 8.30. The van der Waals surface area contributed by atoms with Crippen molar-refractivity contribution in [2.24, 2.45) is 0 Å². The van der Waals surface area contributed by atoms with Gasteiger partial charge in [0, 0.05) is 6.92 Å². The number of rotatable bonds is 0. The summed E-state index contributed by atoms with van der Waals surface area (Å²) in [6.07, 6.45) is 0. The fraction of sp³-hybridized carbons (Fsp3) is 0.182. The summed E-state index contributed by atoms with van der Waals surface area (Å²) >= 11 is 6.00. The van der Waals surface area contributed by atoms with Gasteiger partial charge in [0.2, 0.25) is 5.91 Å². The van der Waals surface area contributed by atoms with Gasteiger partial charge in [-0.1, -0.05) is 36.1 Å². The highest BCUT2D eigenvalue weighted by molar-refractivity contribution is 8.24. The molecule has 1 aromatic rings. The average molecular weight is 303 g/mol. The largest absolute Gasteiger partial charge is 0.504 e. The van der Waals surface area contributed by atoms with Gasteiger partial charge in [-0.15, -0.1) is 0 Å². The van der Waals surface area contributed by atoms with Crippen molar-refractivity contribution in [3.8, 4) is 11.5 Å². The zero-order valence-electron chi connectivity index (χ0n) is 9.99. The summed E-state index contributed by atoms with van der Waals surface area (Å²) in [5.74, 6) is -0.464. The molecule has 6 nitrogen and oxygen atoms in total. The van der Waals surface area contributed by atoms with E-state index in [9.17, 15) is 4.79 Å². The molecular weight excluding hydrogens is 290 g/mol. The van der Waals surface area contributed by atoms with E-state index >= 15 is 0 Å². The van der Waals surface area contributed by atoms with Gasteiger partial charge >= 0.3 is 0 Å². The van der Waals surface area contributed by atoms with Gasteiger partial charge in [0.15, 0.2) is 11.5 Å². The van der Waals surface area contributed by atoms with E-state index in [-0.39, 0.29) is 17.4 Å². The van der Waals surface area contributed by atoms with Gasteiger partial charge in [0.25, 0.3) is 5.97 Å². The fourth-order valence-electron chi connectivity index (χ4n) is 0.781. The summed E-state index contributed by atoms with van der Waals surface area (Å²) < 4.78 is 0.602. The van der Waals surface area contributed by atoms with Crippen molar-refractivity contribution in [2.45, 2.75) is 6.92 Å². The Hall–Kier alpha value is -1.80. The van der Waals surface area contributed by atoms with Crippen molar-refractivity contribution in [3.05, 3.63) is 24.3 Å². The van der Waals surface area contributed by atoms with Gasteiger partial charge in [-0.3, -0.25) is 9.59 Å². The van der Waals surface area contributed by atoms with Crippen LogP contribution in [0.4, 0.5) is 0 Å². The average Bonchev–Trinajstić information content (AvgIpc) is 2.67. The summed E-state index contributed by atoms with van der Waals surface area (Å²) in [6, 6.07) is 6.15. The van der Waals surface area contributed by atoms with Crippen molar-refractivity contribution >= 4 is 40.2 Å². The van der Waals surface area contributed by atoms with Gasteiger partial charge in [0.1, 0.15) is 4.32 Å². The number of thioether (sulfide) groups is 1. The Morgan fingerprint density at radius 3 is 1.89 bits per heavy atom. The van der Waals surface area contributed by atoms with Crippen LogP contribution in [0.15, 0.2) is 24.3 Å². The first kappa shape index (κ1) is 17.2. The number of hydrogen-bond donors (Lipinski definition) is 4. The van der Waals surface area contributed by atoms with E-state index in [1.54, 1.807) is 12.1 Å². The summed E-state index contributed by atoms with van der Waals surface area (Å²) in [4.78, 5) is 19.2. The molecule has 104 valence electrons. The summed E-state index contributed by atoms with van der Waals surface area (Å²) in [6.45, 7) is 1.08. The number of carboxylic acid groups (broad SMARTS) is 1. The molecule has 1 aromatic carbocycles. The standard InChI is InChI=1S/C6H6O2.C3H3NOS2.C2H4O2/c7-5-3-1-2-4-6(5)8;5-2-1-7-3(6)4-2;1-2(3)4/h1-4,7-8H;1H2,(H,4,5,6);1H3,(H,3,4). The number of benzene rings is 1. The molecule has 0 saturated carbocycles. The lowest BCUT2D eigenvalue weighted by atomic mass is 10.3. The molecule has 1 aliphatic heterocycles. The highest BCUT2D eigenvalue weighted by Crippen LogP contribution is 2.21. The van der Waals surface area contributed by atoms with Gasteiger partial charge in [-0.25, -0.2) is 0 Å². The van der Waals surface area contributed by atoms with E-state index in [0.29, 0.717) is 10.1 Å². The number of aromatic hydroxyl groups is 2.